The molecule has 4 aromatic rings. The van der Waals surface area contributed by atoms with E-state index < -0.39 is 0 Å². The predicted molar refractivity (Wildman–Crippen MR) is 127 cm³/mol. The van der Waals surface area contributed by atoms with E-state index in [-0.39, 0.29) is 11.7 Å². The monoisotopic (exact) mass is 445 g/mol. The van der Waals surface area contributed by atoms with E-state index in [1.807, 2.05) is 30.5 Å². The Morgan fingerprint density at radius 2 is 1.82 bits per heavy atom. The van der Waals surface area contributed by atoms with Crippen LogP contribution < -0.4 is 10.1 Å². The molecular weight excluding hydrogens is 417 g/mol. The van der Waals surface area contributed by atoms with Crippen LogP contribution in [-0.4, -0.2) is 27.3 Å². The second-order valence-corrected chi connectivity index (χ2v) is 8.87. The van der Waals surface area contributed by atoms with Crippen LogP contribution in [0.15, 0.2) is 54.7 Å². The van der Waals surface area contributed by atoms with Crippen molar-refractivity contribution >= 4 is 22.5 Å². The maximum atomic E-state index is 13.9. The number of benzene rings is 2. The molecule has 170 valence electrons. The molecule has 2 N–H and O–H groups in total. The van der Waals surface area contributed by atoms with Crippen molar-refractivity contribution in [1.82, 2.24) is 20.2 Å². The summed E-state index contributed by atoms with van der Waals surface area (Å²) in [6.45, 7) is 2.22. The lowest BCUT2D eigenvalue weighted by atomic mass is 9.73. The Morgan fingerprint density at radius 3 is 2.58 bits per heavy atom. The van der Waals surface area contributed by atoms with E-state index in [0.29, 0.717) is 17.8 Å². The third-order valence-corrected chi connectivity index (χ3v) is 6.94. The number of rotatable bonds is 6. The highest BCUT2D eigenvalue weighted by Crippen LogP contribution is 2.42. The molecule has 0 saturated heterocycles. The van der Waals surface area contributed by atoms with Crippen LogP contribution >= 0.6 is 0 Å². The van der Waals surface area contributed by atoms with Gasteiger partial charge in [0.2, 0.25) is 5.95 Å². The van der Waals surface area contributed by atoms with Crippen molar-refractivity contribution in [1.29, 1.82) is 0 Å². The van der Waals surface area contributed by atoms with Gasteiger partial charge in [0.25, 0.3) is 0 Å². The summed E-state index contributed by atoms with van der Waals surface area (Å²) in [7, 11) is 1.65. The number of nitrogens with one attached hydrogen (secondary N) is 2. The van der Waals surface area contributed by atoms with Crippen molar-refractivity contribution in [3.63, 3.8) is 0 Å². The zero-order valence-corrected chi connectivity index (χ0v) is 18.9. The highest BCUT2D eigenvalue weighted by Gasteiger charge is 2.29. The zero-order valence-electron chi connectivity index (χ0n) is 18.9. The lowest BCUT2D eigenvalue weighted by Gasteiger charge is -2.32. The molecule has 0 bridgehead atoms. The molecule has 0 radical (unpaired) electrons. The number of halogens is 1. The number of methoxy groups -OCH3 is 1. The number of hydrogen-bond donors (Lipinski definition) is 2. The van der Waals surface area contributed by atoms with Crippen molar-refractivity contribution in [3.05, 3.63) is 71.9 Å². The number of pyridine rings is 1. The molecule has 1 saturated carbocycles. The normalized spacial score (nSPS) is 19.4. The number of aromatic amines is 1. The maximum absolute atomic E-state index is 13.9. The predicted octanol–water partition coefficient (Wildman–Crippen LogP) is 6.32. The van der Waals surface area contributed by atoms with Crippen LogP contribution in [0.3, 0.4) is 0 Å². The average molecular weight is 446 g/mol. The van der Waals surface area contributed by atoms with Gasteiger partial charge in [0.15, 0.2) is 0 Å². The highest BCUT2D eigenvalue weighted by molar-refractivity contribution is 5.82. The summed E-state index contributed by atoms with van der Waals surface area (Å²) in [5, 5.41) is 12.9. The molecule has 0 spiro atoms. The number of hydrogen-bond acceptors (Lipinski definition) is 5. The summed E-state index contributed by atoms with van der Waals surface area (Å²) in [5.41, 5.74) is 3.01. The molecule has 1 fully saturated rings. The largest absolute Gasteiger partial charge is 0.497 e. The van der Waals surface area contributed by atoms with Gasteiger partial charge in [0, 0.05) is 23.2 Å². The SMILES string of the molecule is COc1ccc(Nc2nnc([C@H](C)[C@H]3CC[C@@H](c4ccnc5ccc(F)cc54)CC3)[nH]2)cc1. The first-order valence-corrected chi connectivity index (χ1v) is 11.5. The minimum atomic E-state index is -0.205. The maximum Gasteiger partial charge on any atom is 0.226 e. The number of ether oxygens (including phenoxy) is 1. The van der Waals surface area contributed by atoms with E-state index in [0.717, 1.165) is 53.8 Å². The molecule has 6 nitrogen and oxygen atoms in total. The highest BCUT2D eigenvalue weighted by atomic mass is 19.1. The van der Waals surface area contributed by atoms with Crippen molar-refractivity contribution in [2.24, 2.45) is 5.92 Å². The second-order valence-electron chi connectivity index (χ2n) is 8.87. The molecule has 33 heavy (non-hydrogen) atoms. The Kier molecular flexibility index (Phi) is 5.94. The fraction of sp³-hybridized carbons (Fsp3) is 0.346. The van der Waals surface area contributed by atoms with Crippen molar-refractivity contribution in [2.75, 3.05) is 12.4 Å². The number of H-pyrrole nitrogens is 1. The van der Waals surface area contributed by atoms with Gasteiger partial charge in [-0.1, -0.05) is 6.92 Å². The quantitative estimate of drug-likeness (QED) is 0.363. The number of anilines is 2. The van der Waals surface area contributed by atoms with Crippen molar-refractivity contribution in [2.45, 2.75) is 44.4 Å². The van der Waals surface area contributed by atoms with E-state index in [9.17, 15) is 4.39 Å². The smallest absolute Gasteiger partial charge is 0.226 e. The van der Waals surface area contributed by atoms with Crippen LogP contribution in [0.4, 0.5) is 16.0 Å². The van der Waals surface area contributed by atoms with Crippen LogP contribution in [0.1, 0.15) is 55.8 Å². The molecule has 0 unspecified atom stereocenters. The molecule has 1 aliphatic carbocycles. The van der Waals surface area contributed by atoms with Gasteiger partial charge in [0.1, 0.15) is 17.4 Å². The Bertz CT molecular complexity index is 1230. The third kappa shape index (κ3) is 4.53. The van der Waals surface area contributed by atoms with Crippen LogP contribution in [0.25, 0.3) is 10.9 Å². The first kappa shape index (κ1) is 21.4. The van der Waals surface area contributed by atoms with E-state index in [1.165, 1.54) is 11.6 Å². The summed E-state index contributed by atoms with van der Waals surface area (Å²) >= 11 is 0. The van der Waals surface area contributed by atoms with Gasteiger partial charge in [0.05, 0.1) is 12.6 Å². The molecule has 5 rings (SSSR count). The summed E-state index contributed by atoms with van der Waals surface area (Å²) < 4.78 is 19.1. The minimum absolute atomic E-state index is 0.205. The van der Waals surface area contributed by atoms with E-state index in [1.54, 1.807) is 19.2 Å². The van der Waals surface area contributed by atoms with E-state index in [2.05, 4.69) is 38.5 Å². The average Bonchev–Trinajstić information content (AvgIpc) is 3.32. The Hall–Kier alpha value is -3.48. The molecule has 7 heteroatoms. The second kappa shape index (κ2) is 9.17. The zero-order chi connectivity index (χ0) is 22.8. The molecule has 1 aliphatic rings. The van der Waals surface area contributed by atoms with Gasteiger partial charge < -0.3 is 15.0 Å². The molecular formula is C26H28FN5O. The Morgan fingerprint density at radius 1 is 1.03 bits per heavy atom. The first-order chi connectivity index (χ1) is 16.1. The lowest BCUT2D eigenvalue weighted by Crippen LogP contribution is -2.19. The molecule has 2 heterocycles. The topological polar surface area (TPSA) is 75.7 Å². The van der Waals surface area contributed by atoms with Crippen LogP contribution in [0, 0.1) is 11.7 Å². The standard InChI is InChI=1S/C26H28FN5O/c1-16(25-30-26(32-31-25)29-20-8-10-21(33-2)11-9-20)17-3-5-18(6-4-17)22-13-14-28-24-12-7-19(27)15-23(22)24/h7-18H,3-6H2,1-2H3,(H2,29,30,31,32)/t16-,17-,18+/m1/s1. The van der Waals surface area contributed by atoms with Gasteiger partial charge >= 0.3 is 0 Å². The van der Waals surface area contributed by atoms with Crippen LogP contribution in [0.2, 0.25) is 0 Å². The van der Waals surface area contributed by atoms with Gasteiger partial charge in [-0.2, -0.15) is 0 Å². The van der Waals surface area contributed by atoms with Gasteiger partial charge in [-0.05, 0) is 91.6 Å². The van der Waals surface area contributed by atoms with Gasteiger partial charge in [-0.25, -0.2) is 4.39 Å². The molecule has 1 atom stereocenters. The van der Waals surface area contributed by atoms with Crippen molar-refractivity contribution in [3.8, 4) is 5.75 Å². The minimum Gasteiger partial charge on any atom is -0.497 e. The number of aromatic nitrogens is 4. The van der Waals surface area contributed by atoms with E-state index in [4.69, 9.17) is 4.74 Å². The first-order valence-electron chi connectivity index (χ1n) is 11.5. The van der Waals surface area contributed by atoms with Crippen LogP contribution in [-0.2, 0) is 0 Å². The summed E-state index contributed by atoms with van der Waals surface area (Å²) in [4.78, 5) is 7.75. The number of nitrogens with zero attached hydrogens (tertiary/aromatic N) is 3. The fourth-order valence-corrected chi connectivity index (χ4v) is 5.00. The fourth-order valence-electron chi connectivity index (χ4n) is 5.00. The molecule has 0 amide bonds. The Labute approximate surface area is 192 Å². The van der Waals surface area contributed by atoms with Crippen molar-refractivity contribution < 1.29 is 9.13 Å². The lowest BCUT2D eigenvalue weighted by molar-refractivity contribution is 0.286. The summed E-state index contributed by atoms with van der Waals surface area (Å²) in [5.74, 6) is 3.41. The third-order valence-electron chi connectivity index (χ3n) is 6.94. The van der Waals surface area contributed by atoms with E-state index >= 15 is 0 Å². The number of fused-ring (bicyclic) bond motifs is 1. The summed E-state index contributed by atoms with van der Waals surface area (Å²) in [6, 6.07) is 14.6. The summed E-state index contributed by atoms with van der Waals surface area (Å²) in [6.07, 6.45) is 6.21. The molecule has 0 aliphatic heterocycles. The Balaban J connectivity index is 1.23. The molecule has 2 aromatic heterocycles. The molecule has 2 aromatic carbocycles. The van der Waals surface area contributed by atoms with Gasteiger partial charge in [-0.3, -0.25) is 4.98 Å². The van der Waals surface area contributed by atoms with Crippen LogP contribution in [0.5, 0.6) is 5.75 Å². The van der Waals surface area contributed by atoms with Gasteiger partial charge in [-0.15, -0.1) is 10.2 Å².